The summed E-state index contributed by atoms with van der Waals surface area (Å²) in [4.78, 5) is 23.0. The molecule has 0 fully saturated rings. The zero-order valence-electron chi connectivity index (χ0n) is 37.4. The molecule has 0 saturated carbocycles. The van der Waals surface area contributed by atoms with Gasteiger partial charge >= 0.3 is 7.82 Å². The van der Waals surface area contributed by atoms with Gasteiger partial charge in [-0.2, -0.15) is 0 Å². The van der Waals surface area contributed by atoms with Gasteiger partial charge in [0.25, 0.3) is 0 Å². The van der Waals surface area contributed by atoms with E-state index in [1.54, 1.807) is 6.08 Å². The largest absolute Gasteiger partial charge is 0.472 e. The first-order valence-electron chi connectivity index (χ1n) is 23.4. The summed E-state index contributed by atoms with van der Waals surface area (Å²) in [6.45, 7) is 4.73. The Morgan fingerprint density at radius 1 is 0.589 bits per heavy atom. The fraction of sp³-hybridized carbons (Fsp3) is 0.851. The highest BCUT2D eigenvalue weighted by molar-refractivity contribution is 7.47. The molecule has 1 amide bonds. The second-order valence-electron chi connectivity index (χ2n) is 17.1. The Hall–Kier alpha value is -1.28. The Morgan fingerprint density at radius 3 is 1.45 bits per heavy atom. The molecule has 8 nitrogen and oxygen atoms in total. The predicted octanol–water partition coefficient (Wildman–Crippen LogP) is 13.1. The number of nitrogens with one attached hydrogen (secondary N) is 1. The second-order valence-corrected chi connectivity index (χ2v) is 18.6. The topological polar surface area (TPSA) is 105 Å². The number of carbonyl (C=O) groups excluding carboxylic acids is 1. The summed E-state index contributed by atoms with van der Waals surface area (Å²) in [6.07, 6.45) is 48.3. The lowest BCUT2D eigenvalue weighted by Gasteiger charge is -2.25. The summed E-state index contributed by atoms with van der Waals surface area (Å²) in [6, 6.07) is -0.875. The average Bonchev–Trinajstić information content (AvgIpc) is 3.15. The van der Waals surface area contributed by atoms with E-state index in [9.17, 15) is 19.4 Å². The highest BCUT2D eigenvalue weighted by Gasteiger charge is 2.27. The van der Waals surface area contributed by atoms with Crippen LogP contribution in [0, 0.1) is 0 Å². The van der Waals surface area contributed by atoms with Crippen LogP contribution in [0.5, 0.6) is 0 Å². The normalized spacial score (nSPS) is 14.6. The number of quaternary nitrogens is 1. The van der Waals surface area contributed by atoms with Crippen LogP contribution in [0.25, 0.3) is 0 Å². The molecule has 0 aromatic rings. The van der Waals surface area contributed by atoms with Crippen LogP contribution in [-0.4, -0.2) is 73.4 Å². The zero-order chi connectivity index (χ0) is 41.4. The van der Waals surface area contributed by atoms with Crippen LogP contribution in [0.15, 0.2) is 36.5 Å². The number of aliphatic hydroxyl groups is 1. The van der Waals surface area contributed by atoms with E-state index in [1.807, 2.05) is 27.2 Å². The van der Waals surface area contributed by atoms with Crippen LogP contribution in [0.4, 0.5) is 0 Å². The highest BCUT2D eigenvalue weighted by Crippen LogP contribution is 2.43. The van der Waals surface area contributed by atoms with Gasteiger partial charge in [-0.15, -0.1) is 0 Å². The van der Waals surface area contributed by atoms with Crippen molar-refractivity contribution < 1.29 is 32.9 Å². The van der Waals surface area contributed by atoms with Crippen LogP contribution in [0.3, 0.4) is 0 Å². The van der Waals surface area contributed by atoms with Crippen LogP contribution in [-0.2, 0) is 18.4 Å². The van der Waals surface area contributed by atoms with Gasteiger partial charge in [0, 0.05) is 6.42 Å². The number of phosphoric ester groups is 1. The first kappa shape index (κ1) is 54.7. The molecule has 0 aromatic heterocycles. The number of allylic oxidation sites excluding steroid dienone is 5. The standard InChI is InChI=1S/C47H91N2O6P/c1-6-8-10-12-14-16-17-18-19-20-21-22-23-24-25-26-27-28-29-30-31-33-34-36-38-40-46(50)45(44-55-56(52,53)54-43-42-49(3,4)5)48-47(51)41-39-37-35-32-15-13-11-9-7-2/h31-33,35,38,40,45-46,50H,6-30,34,36-37,39,41-44H2,1-5H3,(H-,48,51,52,53)/p+1/b33-31+,35-32-,40-38+. The van der Waals surface area contributed by atoms with Crippen molar-refractivity contribution >= 4 is 13.7 Å². The minimum atomic E-state index is -4.35. The Morgan fingerprint density at radius 2 is 0.982 bits per heavy atom. The monoisotopic (exact) mass is 812 g/mol. The third kappa shape index (κ3) is 40.9. The lowest BCUT2D eigenvalue weighted by Crippen LogP contribution is -2.45. The minimum Gasteiger partial charge on any atom is -0.387 e. The molecule has 9 heteroatoms. The van der Waals surface area contributed by atoms with Crippen LogP contribution >= 0.6 is 7.82 Å². The van der Waals surface area contributed by atoms with E-state index >= 15 is 0 Å². The van der Waals surface area contributed by atoms with Crippen LogP contribution < -0.4 is 5.32 Å². The van der Waals surface area contributed by atoms with Crippen molar-refractivity contribution in [2.75, 3.05) is 40.9 Å². The Kier molecular flexibility index (Phi) is 38.3. The van der Waals surface area contributed by atoms with Crippen molar-refractivity contribution in [2.45, 2.75) is 219 Å². The maximum Gasteiger partial charge on any atom is 0.472 e. The summed E-state index contributed by atoms with van der Waals surface area (Å²) < 4.78 is 23.5. The van der Waals surface area contributed by atoms with Crippen molar-refractivity contribution in [3.63, 3.8) is 0 Å². The van der Waals surface area contributed by atoms with Crippen molar-refractivity contribution in [1.29, 1.82) is 0 Å². The Bertz CT molecular complexity index is 1010. The summed E-state index contributed by atoms with van der Waals surface area (Å²) in [5.74, 6) is -0.223. The molecule has 3 atom stereocenters. The van der Waals surface area contributed by atoms with Gasteiger partial charge in [-0.25, -0.2) is 4.57 Å². The van der Waals surface area contributed by atoms with Gasteiger partial charge in [-0.1, -0.05) is 185 Å². The molecule has 56 heavy (non-hydrogen) atoms. The number of nitrogens with zero attached hydrogens (tertiary/aromatic N) is 1. The molecule has 0 rings (SSSR count). The maximum atomic E-state index is 12.8. The van der Waals surface area contributed by atoms with E-state index in [0.717, 1.165) is 32.1 Å². The van der Waals surface area contributed by atoms with Crippen LogP contribution in [0.2, 0.25) is 0 Å². The molecule has 3 unspecified atom stereocenters. The van der Waals surface area contributed by atoms with Crippen LogP contribution in [0.1, 0.15) is 206 Å². The molecule has 330 valence electrons. The molecule has 0 aliphatic carbocycles. The quantitative estimate of drug-likeness (QED) is 0.0245. The second kappa shape index (κ2) is 39.2. The first-order valence-corrected chi connectivity index (χ1v) is 24.9. The Balaban J connectivity index is 4.27. The Labute approximate surface area is 347 Å². The zero-order valence-corrected chi connectivity index (χ0v) is 38.3. The number of carbonyl (C=O) groups is 1. The third-order valence-corrected chi connectivity index (χ3v) is 11.3. The summed E-state index contributed by atoms with van der Waals surface area (Å²) >= 11 is 0. The van der Waals surface area contributed by atoms with E-state index in [-0.39, 0.29) is 19.1 Å². The smallest absolute Gasteiger partial charge is 0.387 e. The molecule has 0 bridgehead atoms. The first-order chi connectivity index (χ1) is 27.0. The number of phosphoric acid groups is 1. The minimum absolute atomic E-state index is 0.0516. The number of amides is 1. The van der Waals surface area contributed by atoms with Gasteiger partial charge in [0.15, 0.2) is 0 Å². The number of likely N-dealkylation sites (N-methyl/N-ethyl adjacent to an activating group) is 1. The fourth-order valence-corrected chi connectivity index (χ4v) is 7.33. The van der Waals surface area contributed by atoms with E-state index < -0.39 is 20.0 Å². The number of hydrogen-bond acceptors (Lipinski definition) is 5. The van der Waals surface area contributed by atoms with E-state index in [2.05, 4.69) is 43.5 Å². The van der Waals surface area contributed by atoms with Crippen molar-refractivity contribution in [3.8, 4) is 0 Å². The van der Waals surface area contributed by atoms with Gasteiger partial charge in [0.05, 0.1) is 39.9 Å². The number of hydrogen-bond donors (Lipinski definition) is 3. The van der Waals surface area contributed by atoms with E-state index in [4.69, 9.17) is 9.05 Å². The van der Waals surface area contributed by atoms with Gasteiger partial charge in [0.1, 0.15) is 13.2 Å². The lowest BCUT2D eigenvalue weighted by atomic mass is 10.0. The van der Waals surface area contributed by atoms with Crippen molar-refractivity contribution in [2.24, 2.45) is 0 Å². The molecule has 0 aliphatic heterocycles. The molecule has 0 radical (unpaired) electrons. The lowest BCUT2D eigenvalue weighted by molar-refractivity contribution is -0.870. The number of unbranched alkanes of at least 4 members (excludes halogenated alkanes) is 25. The maximum absolute atomic E-state index is 12.8. The number of aliphatic hydroxyl groups excluding tert-OH is 1. The molecular weight excluding hydrogens is 719 g/mol. The van der Waals surface area contributed by atoms with E-state index in [0.29, 0.717) is 23.9 Å². The predicted molar refractivity (Wildman–Crippen MR) is 240 cm³/mol. The molecule has 0 heterocycles. The molecule has 0 saturated heterocycles. The fourth-order valence-electron chi connectivity index (χ4n) is 6.59. The van der Waals surface area contributed by atoms with Gasteiger partial charge in [-0.3, -0.25) is 13.8 Å². The summed E-state index contributed by atoms with van der Waals surface area (Å²) in [5.41, 5.74) is 0. The summed E-state index contributed by atoms with van der Waals surface area (Å²) in [5, 5.41) is 13.7. The molecular formula is C47H92N2O6P+. The third-order valence-electron chi connectivity index (χ3n) is 10.3. The molecule has 3 N–H and O–H groups in total. The van der Waals surface area contributed by atoms with Gasteiger partial charge < -0.3 is 19.8 Å². The molecule has 0 spiro atoms. The SMILES string of the molecule is CCCCCC/C=C\CCCC(=O)NC(COP(=O)(O)OCC[N+](C)(C)C)C(O)/C=C/CC/C=C/CCCCCCCCCCCCCCCCCCCCC. The molecule has 0 aliphatic rings. The van der Waals surface area contributed by atoms with Gasteiger partial charge in [0.2, 0.25) is 5.91 Å². The molecule has 0 aromatic carbocycles. The summed E-state index contributed by atoms with van der Waals surface area (Å²) in [7, 11) is 1.54. The van der Waals surface area contributed by atoms with Gasteiger partial charge in [-0.05, 0) is 51.4 Å². The highest BCUT2D eigenvalue weighted by atomic mass is 31.2. The number of rotatable bonds is 42. The average molecular weight is 812 g/mol. The van der Waals surface area contributed by atoms with Crippen molar-refractivity contribution in [3.05, 3.63) is 36.5 Å². The van der Waals surface area contributed by atoms with Crippen molar-refractivity contribution in [1.82, 2.24) is 5.32 Å². The van der Waals surface area contributed by atoms with E-state index in [1.165, 1.54) is 148 Å².